The molecule has 0 saturated carbocycles. The van der Waals surface area contributed by atoms with E-state index in [1.807, 2.05) is 0 Å². The van der Waals surface area contributed by atoms with Crippen molar-refractivity contribution >= 4 is 0 Å². The molecule has 1 aromatic carbocycles. The molecule has 0 aromatic heterocycles. The molecule has 2 fully saturated rings. The van der Waals surface area contributed by atoms with E-state index in [2.05, 4.69) is 10.6 Å². The SMILES string of the molecule is COCCNC1C2OCC(O2)C(NCc2ccc(F)cc2)C1O. The zero-order valence-electron chi connectivity index (χ0n) is 13.1. The second-order valence-corrected chi connectivity index (χ2v) is 5.87. The van der Waals surface area contributed by atoms with Gasteiger partial charge in [0, 0.05) is 20.2 Å². The number of methoxy groups -OCH3 is 1. The molecule has 3 rings (SSSR count). The second kappa shape index (κ2) is 7.65. The van der Waals surface area contributed by atoms with Gasteiger partial charge in [-0.25, -0.2) is 4.39 Å². The van der Waals surface area contributed by atoms with Crippen LogP contribution >= 0.6 is 0 Å². The number of ether oxygens (including phenoxy) is 3. The van der Waals surface area contributed by atoms with E-state index in [-0.39, 0.29) is 24.0 Å². The van der Waals surface area contributed by atoms with Gasteiger partial charge in [0.15, 0.2) is 6.29 Å². The highest BCUT2D eigenvalue weighted by atomic mass is 19.1. The molecule has 6 nitrogen and oxygen atoms in total. The van der Waals surface area contributed by atoms with Crippen LogP contribution in [0.3, 0.4) is 0 Å². The highest BCUT2D eigenvalue weighted by Crippen LogP contribution is 2.28. The van der Waals surface area contributed by atoms with E-state index in [1.54, 1.807) is 19.2 Å². The van der Waals surface area contributed by atoms with Crippen LogP contribution in [0.1, 0.15) is 5.56 Å². The molecule has 2 saturated heterocycles. The molecule has 2 aliphatic rings. The summed E-state index contributed by atoms with van der Waals surface area (Å²) < 4.78 is 29.4. The van der Waals surface area contributed by atoms with E-state index >= 15 is 0 Å². The minimum Gasteiger partial charge on any atom is -0.390 e. The molecule has 0 radical (unpaired) electrons. The summed E-state index contributed by atoms with van der Waals surface area (Å²) in [4.78, 5) is 0. The molecule has 0 spiro atoms. The molecule has 23 heavy (non-hydrogen) atoms. The molecule has 2 aliphatic heterocycles. The number of nitrogens with one attached hydrogen (secondary N) is 2. The standard InChI is InChI=1S/C16H23FN2O4/c1-21-7-6-18-14-15(20)13(12-9-22-16(14)23-12)19-8-10-2-4-11(17)5-3-10/h2-5,12-16,18-20H,6-9H2,1H3. The summed E-state index contributed by atoms with van der Waals surface area (Å²) in [5, 5.41) is 17.2. The van der Waals surface area contributed by atoms with Gasteiger partial charge in [0.25, 0.3) is 0 Å². The van der Waals surface area contributed by atoms with Crippen LogP contribution in [0.2, 0.25) is 0 Å². The Morgan fingerprint density at radius 1 is 1.26 bits per heavy atom. The molecule has 2 heterocycles. The van der Waals surface area contributed by atoms with Crippen molar-refractivity contribution in [2.45, 2.75) is 37.1 Å². The number of aliphatic hydroxyl groups is 1. The summed E-state index contributed by atoms with van der Waals surface area (Å²) in [6.45, 7) is 2.13. The van der Waals surface area contributed by atoms with Crippen LogP contribution in [0.15, 0.2) is 24.3 Å². The topological polar surface area (TPSA) is 72.0 Å². The minimum absolute atomic E-state index is 0.184. The van der Waals surface area contributed by atoms with E-state index < -0.39 is 12.4 Å². The molecule has 7 heteroatoms. The molecule has 128 valence electrons. The first-order chi connectivity index (χ1) is 11.2. The van der Waals surface area contributed by atoms with Crippen molar-refractivity contribution in [1.82, 2.24) is 10.6 Å². The van der Waals surface area contributed by atoms with Gasteiger partial charge in [-0.15, -0.1) is 0 Å². The third-order valence-corrected chi connectivity index (χ3v) is 4.30. The van der Waals surface area contributed by atoms with Crippen molar-refractivity contribution in [1.29, 1.82) is 0 Å². The fourth-order valence-corrected chi connectivity index (χ4v) is 3.06. The zero-order valence-corrected chi connectivity index (χ0v) is 13.1. The van der Waals surface area contributed by atoms with Crippen LogP contribution in [0.5, 0.6) is 0 Å². The fraction of sp³-hybridized carbons (Fsp3) is 0.625. The van der Waals surface area contributed by atoms with Gasteiger partial charge in [0.2, 0.25) is 0 Å². The molecule has 5 atom stereocenters. The Kier molecular flexibility index (Phi) is 5.58. The first-order valence-electron chi connectivity index (χ1n) is 7.84. The Hall–Kier alpha value is -1.09. The molecule has 2 bridgehead atoms. The van der Waals surface area contributed by atoms with Crippen LogP contribution in [0.25, 0.3) is 0 Å². The number of hydrogen-bond donors (Lipinski definition) is 3. The fourth-order valence-electron chi connectivity index (χ4n) is 3.06. The Balaban J connectivity index is 1.60. The van der Waals surface area contributed by atoms with E-state index in [0.717, 1.165) is 5.56 Å². The lowest BCUT2D eigenvalue weighted by molar-refractivity contribution is -0.153. The molecular weight excluding hydrogens is 303 g/mol. The second-order valence-electron chi connectivity index (χ2n) is 5.87. The van der Waals surface area contributed by atoms with Gasteiger partial charge in [-0.2, -0.15) is 0 Å². The van der Waals surface area contributed by atoms with Gasteiger partial charge in [0.05, 0.1) is 31.4 Å². The lowest BCUT2D eigenvalue weighted by atomic mass is 9.95. The normalized spacial score (nSPS) is 33.1. The van der Waals surface area contributed by atoms with E-state index in [9.17, 15) is 9.50 Å². The van der Waals surface area contributed by atoms with Crippen LogP contribution in [0.4, 0.5) is 4.39 Å². The van der Waals surface area contributed by atoms with E-state index in [4.69, 9.17) is 14.2 Å². The van der Waals surface area contributed by atoms with Crippen molar-refractivity contribution in [3.63, 3.8) is 0 Å². The molecule has 1 aromatic rings. The van der Waals surface area contributed by atoms with Gasteiger partial charge in [-0.1, -0.05) is 12.1 Å². The predicted molar refractivity (Wildman–Crippen MR) is 81.3 cm³/mol. The monoisotopic (exact) mass is 326 g/mol. The molecule has 0 aliphatic carbocycles. The van der Waals surface area contributed by atoms with Crippen molar-refractivity contribution in [3.8, 4) is 0 Å². The molecule has 3 N–H and O–H groups in total. The summed E-state index contributed by atoms with van der Waals surface area (Å²) in [7, 11) is 1.63. The maximum Gasteiger partial charge on any atom is 0.176 e. The maximum absolute atomic E-state index is 12.9. The molecule has 5 unspecified atom stereocenters. The van der Waals surface area contributed by atoms with Crippen LogP contribution in [0, 0.1) is 5.82 Å². The summed E-state index contributed by atoms with van der Waals surface area (Å²) in [5.41, 5.74) is 0.948. The summed E-state index contributed by atoms with van der Waals surface area (Å²) in [6.07, 6.45) is -1.26. The van der Waals surface area contributed by atoms with Gasteiger partial charge >= 0.3 is 0 Å². The predicted octanol–water partition coefficient (Wildman–Crippen LogP) is 0.00450. The number of fused-ring (bicyclic) bond motifs is 2. The Morgan fingerprint density at radius 3 is 2.78 bits per heavy atom. The highest BCUT2D eigenvalue weighted by Gasteiger charge is 2.49. The third kappa shape index (κ3) is 3.88. The first kappa shape index (κ1) is 16.8. The van der Waals surface area contributed by atoms with Crippen molar-refractivity contribution in [2.24, 2.45) is 0 Å². The smallest absolute Gasteiger partial charge is 0.176 e. The van der Waals surface area contributed by atoms with Gasteiger partial charge in [0.1, 0.15) is 11.9 Å². The largest absolute Gasteiger partial charge is 0.390 e. The molecule has 0 amide bonds. The first-order valence-corrected chi connectivity index (χ1v) is 7.84. The zero-order chi connectivity index (χ0) is 16.2. The number of aliphatic hydroxyl groups excluding tert-OH is 1. The highest BCUT2D eigenvalue weighted by molar-refractivity contribution is 5.16. The summed E-state index contributed by atoms with van der Waals surface area (Å²) in [6, 6.07) is 5.73. The number of hydrogen-bond acceptors (Lipinski definition) is 6. The van der Waals surface area contributed by atoms with Crippen molar-refractivity contribution in [2.75, 3.05) is 26.9 Å². The Bertz CT molecular complexity index is 501. The average Bonchev–Trinajstić information content (AvgIpc) is 2.98. The number of benzene rings is 1. The lowest BCUT2D eigenvalue weighted by Crippen LogP contribution is -2.63. The van der Waals surface area contributed by atoms with Gasteiger partial charge < -0.3 is 30.0 Å². The van der Waals surface area contributed by atoms with E-state index in [1.165, 1.54) is 12.1 Å². The van der Waals surface area contributed by atoms with Crippen molar-refractivity contribution < 1.29 is 23.7 Å². The average molecular weight is 326 g/mol. The third-order valence-electron chi connectivity index (χ3n) is 4.30. The minimum atomic E-state index is -0.640. The van der Waals surface area contributed by atoms with Crippen LogP contribution in [-0.4, -0.2) is 62.6 Å². The van der Waals surface area contributed by atoms with Crippen LogP contribution in [-0.2, 0) is 20.8 Å². The Morgan fingerprint density at radius 2 is 2.04 bits per heavy atom. The summed E-state index contributed by atoms with van der Waals surface area (Å²) >= 11 is 0. The van der Waals surface area contributed by atoms with Gasteiger partial charge in [-0.05, 0) is 17.7 Å². The van der Waals surface area contributed by atoms with Crippen molar-refractivity contribution in [3.05, 3.63) is 35.6 Å². The number of rotatable bonds is 7. The van der Waals surface area contributed by atoms with Gasteiger partial charge in [-0.3, -0.25) is 0 Å². The van der Waals surface area contributed by atoms with Crippen LogP contribution < -0.4 is 10.6 Å². The molecular formula is C16H23FN2O4. The quantitative estimate of drug-likeness (QED) is 0.613. The lowest BCUT2D eigenvalue weighted by Gasteiger charge is -2.39. The number of halogens is 1. The Labute approximate surface area is 134 Å². The summed E-state index contributed by atoms with van der Waals surface area (Å²) in [5.74, 6) is -0.260. The maximum atomic E-state index is 12.9. The van der Waals surface area contributed by atoms with E-state index in [0.29, 0.717) is 26.3 Å².